The topological polar surface area (TPSA) is 43.4 Å². The molecule has 0 saturated carbocycles. The van der Waals surface area contributed by atoms with Crippen LogP contribution in [0.3, 0.4) is 0 Å². The van der Waals surface area contributed by atoms with Gasteiger partial charge < -0.3 is 0 Å². The van der Waals surface area contributed by atoms with E-state index in [9.17, 15) is 9.59 Å². The number of carbonyl (C=O) groups is 2. The SMILES string of the molecule is [B]C1(C(C)(I)C(=O)Oc2cccc3c2CCC3=O)[B][I-]1. The second-order valence-corrected chi connectivity index (χ2v) is 10.3. The van der Waals surface area contributed by atoms with E-state index in [4.69, 9.17) is 12.6 Å². The number of carbonyl (C=O) groups excluding carboxylic acids is 2. The average Bonchev–Trinajstić information content (AvgIpc) is 3.05. The van der Waals surface area contributed by atoms with Crippen molar-refractivity contribution in [3.05, 3.63) is 29.3 Å². The quantitative estimate of drug-likeness (QED) is 0.170. The number of halogens is 2. The molecule has 1 heterocycles. The van der Waals surface area contributed by atoms with Crippen LogP contribution in [0, 0.1) is 0 Å². The average molecular weight is 490 g/mol. The van der Waals surface area contributed by atoms with Crippen molar-refractivity contribution in [1.82, 2.24) is 0 Å². The molecule has 1 aliphatic carbocycles. The van der Waals surface area contributed by atoms with Crippen LogP contribution in [0.25, 0.3) is 0 Å². The van der Waals surface area contributed by atoms with Crippen molar-refractivity contribution in [3.8, 4) is 5.75 Å². The van der Waals surface area contributed by atoms with E-state index in [-0.39, 0.29) is 32.7 Å². The van der Waals surface area contributed by atoms with Gasteiger partial charge in [0, 0.05) is 0 Å². The fourth-order valence-electron chi connectivity index (χ4n) is 2.17. The van der Waals surface area contributed by atoms with Crippen molar-refractivity contribution >= 4 is 47.3 Å². The summed E-state index contributed by atoms with van der Waals surface area (Å²) in [7, 11) is 6.14. The molecule has 0 spiro atoms. The molecule has 1 fully saturated rings. The Kier molecular flexibility index (Phi) is 3.72. The zero-order chi connectivity index (χ0) is 14.5. The molecule has 0 amide bonds. The molecule has 1 aliphatic heterocycles. The van der Waals surface area contributed by atoms with Gasteiger partial charge in [0.1, 0.15) is 0 Å². The van der Waals surface area contributed by atoms with Crippen molar-refractivity contribution in [3.63, 3.8) is 0 Å². The summed E-state index contributed by atoms with van der Waals surface area (Å²) in [6.07, 6.45) is 1.13. The van der Waals surface area contributed by atoms with Gasteiger partial charge in [-0.25, -0.2) is 0 Å². The second kappa shape index (κ2) is 5.00. The molecular formula is C13H10B2I2O3-. The van der Waals surface area contributed by atoms with Gasteiger partial charge in [-0.2, -0.15) is 0 Å². The summed E-state index contributed by atoms with van der Waals surface area (Å²) in [4.78, 5) is 24.1. The van der Waals surface area contributed by atoms with E-state index < -0.39 is 6.64 Å². The molecule has 2 atom stereocenters. The molecule has 7 heteroatoms. The summed E-state index contributed by atoms with van der Waals surface area (Å²) >= 11 is 1.85. The number of rotatable bonds is 3. The van der Waals surface area contributed by atoms with Crippen LogP contribution < -0.4 is 25.7 Å². The van der Waals surface area contributed by atoms with Crippen LogP contribution in [0.4, 0.5) is 0 Å². The van der Waals surface area contributed by atoms with Gasteiger partial charge in [-0.15, -0.1) is 0 Å². The zero-order valence-corrected chi connectivity index (χ0v) is 15.1. The van der Waals surface area contributed by atoms with Crippen molar-refractivity contribution < 1.29 is 35.3 Å². The van der Waals surface area contributed by atoms with Crippen LogP contribution in [0.15, 0.2) is 18.2 Å². The molecule has 20 heavy (non-hydrogen) atoms. The predicted molar refractivity (Wildman–Crippen MR) is 81.4 cm³/mol. The van der Waals surface area contributed by atoms with Gasteiger partial charge in [-0.3, -0.25) is 0 Å². The maximum absolute atomic E-state index is 12.4. The first kappa shape index (κ1) is 14.9. The van der Waals surface area contributed by atoms with Gasteiger partial charge >= 0.3 is 144 Å². The molecule has 101 valence electrons. The zero-order valence-electron chi connectivity index (χ0n) is 10.8. The van der Waals surface area contributed by atoms with Gasteiger partial charge in [0.25, 0.3) is 0 Å². The van der Waals surface area contributed by atoms with Gasteiger partial charge in [-0.1, -0.05) is 0 Å². The molecule has 2 aliphatic rings. The summed E-state index contributed by atoms with van der Waals surface area (Å²) in [5.74, 6) is 0.289. The molecule has 3 rings (SSSR count). The Morgan fingerprint density at radius 1 is 1.55 bits per heavy atom. The number of ketones is 1. The Morgan fingerprint density at radius 2 is 2.25 bits per heavy atom. The van der Waals surface area contributed by atoms with E-state index in [1.807, 2.05) is 12.1 Å². The minimum atomic E-state index is -0.747. The number of alkyl halides is 2. The summed E-state index contributed by atoms with van der Waals surface area (Å²) < 4.78 is 4.33. The minimum absolute atomic E-state index is 0.117. The van der Waals surface area contributed by atoms with Crippen molar-refractivity contribution in [2.45, 2.75) is 26.4 Å². The number of Topliss-reactive ketones (excluding diaryl/α,β-unsaturated/α-hetero) is 1. The van der Waals surface area contributed by atoms with Crippen LogP contribution >= 0.6 is 22.6 Å². The van der Waals surface area contributed by atoms with Crippen molar-refractivity contribution in [1.29, 1.82) is 0 Å². The number of fused-ring (bicyclic) bond motifs is 1. The normalized spacial score (nSPS) is 26.8. The summed E-state index contributed by atoms with van der Waals surface area (Å²) in [5, 5.41) is 2.03. The Morgan fingerprint density at radius 3 is 2.90 bits per heavy atom. The Labute approximate surface area is 143 Å². The Balaban J connectivity index is 1.86. The Bertz CT molecular complexity index is 612. The van der Waals surface area contributed by atoms with E-state index in [0.29, 0.717) is 24.2 Å². The molecule has 1 aromatic rings. The molecular weight excluding hydrogens is 480 g/mol. The number of esters is 1. The van der Waals surface area contributed by atoms with E-state index in [1.165, 1.54) is 0 Å². The van der Waals surface area contributed by atoms with Gasteiger partial charge in [0.15, 0.2) is 0 Å². The third-order valence-electron chi connectivity index (χ3n) is 3.69. The van der Waals surface area contributed by atoms with Crippen LogP contribution in [0.2, 0.25) is 0 Å². The second-order valence-electron chi connectivity index (χ2n) is 5.08. The number of hydrogen-bond acceptors (Lipinski definition) is 3. The third-order valence-corrected chi connectivity index (χ3v) is 9.09. The first-order valence-corrected chi connectivity index (χ1v) is 9.59. The van der Waals surface area contributed by atoms with E-state index in [2.05, 4.69) is 22.6 Å². The van der Waals surface area contributed by atoms with Crippen LogP contribution in [0.5, 0.6) is 5.75 Å². The van der Waals surface area contributed by atoms with Gasteiger partial charge in [0.2, 0.25) is 0 Å². The first-order chi connectivity index (χ1) is 9.35. The predicted octanol–water partition coefficient (Wildman–Crippen LogP) is -1.54. The Hall–Kier alpha value is -0.0501. The van der Waals surface area contributed by atoms with E-state index in [1.54, 1.807) is 18.2 Å². The van der Waals surface area contributed by atoms with Gasteiger partial charge in [0.05, 0.1) is 0 Å². The number of ether oxygens (including phenoxy) is 1. The summed E-state index contributed by atoms with van der Waals surface area (Å²) in [6, 6.07) is 5.29. The van der Waals surface area contributed by atoms with Crippen LogP contribution in [0.1, 0.15) is 29.3 Å². The van der Waals surface area contributed by atoms with Crippen molar-refractivity contribution in [2.75, 3.05) is 0 Å². The van der Waals surface area contributed by atoms with E-state index in [0.717, 1.165) is 5.56 Å². The molecule has 0 aromatic heterocycles. The molecule has 2 unspecified atom stereocenters. The van der Waals surface area contributed by atoms with Crippen LogP contribution in [-0.2, 0) is 11.2 Å². The summed E-state index contributed by atoms with van der Waals surface area (Å²) in [6.45, 7) is 1.81. The number of hydrogen-bond donors (Lipinski definition) is 0. The fourth-order valence-corrected chi connectivity index (χ4v) is 5.58. The molecule has 3 radical (unpaired) electrons. The van der Waals surface area contributed by atoms with Crippen molar-refractivity contribution in [2.24, 2.45) is 0 Å². The standard InChI is InChI=1S/C13H10B2I2O3/c1-12(16,13(14)15-17-13)11(19)20-10-4-2-3-7-8(10)5-6-9(7)18/h2-4H,5-6H2,1H3/q-1. The molecule has 3 nitrogen and oxygen atoms in total. The summed E-state index contributed by atoms with van der Waals surface area (Å²) in [5.41, 5.74) is 1.52. The van der Waals surface area contributed by atoms with Gasteiger partial charge in [-0.05, 0) is 0 Å². The monoisotopic (exact) mass is 490 g/mol. The maximum atomic E-state index is 12.4. The molecule has 1 saturated heterocycles. The molecule has 1 aromatic carbocycles. The van der Waals surface area contributed by atoms with E-state index >= 15 is 0 Å². The third kappa shape index (κ3) is 2.34. The fraction of sp³-hybridized carbons (Fsp3) is 0.385. The first-order valence-electron chi connectivity index (χ1n) is 6.19. The molecule has 0 N–H and O–H groups in total. The molecule has 0 bridgehead atoms. The van der Waals surface area contributed by atoms with Crippen LogP contribution in [-0.4, -0.2) is 31.4 Å². The number of benzene rings is 1.